The van der Waals surface area contributed by atoms with Crippen LogP contribution in [0.5, 0.6) is 0 Å². The second-order valence-corrected chi connectivity index (χ2v) is 9.63. The van der Waals surface area contributed by atoms with E-state index in [9.17, 15) is 18.4 Å². The number of nitriles is 1. The van der Waals surface area contributed by atoms with Gasteiger partial charge in [0.05, 0.1) is 16.9 Å². The molecule has 0 radical (unpaired) electrons. The lowest BCUT2D eigenvalue weighted by molar-refractivity contribution is -0.182. The number of hydrogen-bond donors (Lipinski definition) is 0. The average molecular weight is 511 g/mol. The first kappa shape index (κ1) is 23.3. The zero-order valence-corrected chi connectivity index (χ0v) is 19.7. The van der Waals surface area contributed by atoms with Crippen LogP contribution in [0.15, 0.2) is 37.1 Å². The summed E-state index contributed by atoms with van der Waals surface area (Å²) in [4.78, 5) is 10.7. The predicted molar refractivity (Wildman–Crippen MR) is 124 cm³/mol. The standard InChI is InChI=1S/C24H21F4N9/c1-35-14-32-33-21(35)22(25)5-8-36(9-6-22)19-15(11-29)2-7-30-18(19)16-10-17-13-37(34-20(17)31-12-16)23(3-4-23)24(26,27)28/h2,7,10,12-14H,3-6,8-9H2,1H3. The number of alkyl halides is 4. The van der Waals surface area contributed by atoms with Crippen LogP contribution in [0.2, 0.25) is 0 Å². The molecule has 4 aromatic heterocycles. The molecule has 0 aromatic carbocycles. The molecular weight excluding hydrogens is 490 g/mol. The monoisotopic (exact) mass is 511 g/mol. The van der Waals surface area contributed by atoms with Gasteiger partial charge in [0.1, 0.15) is 12.4 Å². The highest BCUT2D eigenvalue weighted by molar-refractivity contribution is 5.85. The van der Waals surface area contributed by atoms with Crippen LogP contribution in [0.4, 0.5) is 23.2 Å². The van der Waals surface area contributed by atoms with Gasteiger partial charge in [0, 0.05) is 62.5 Å². The van der Waals surface area contributed by atoms with Gasteiger partial charge in [-0.05, 0) is 25.0 Å². The van der Waals surface area contributed by atoms with Crippen molar-refractivity contribution in [2.45, 2.75) is 43.1 Å². The number of pyridine rings is 2. The number of aromatic nitrogens is 7. The molecule has 1 aliphatic carbocycles. The molecule has 13 heteroatoms. The summed E-state index contributed by atoms with van der Waals surface area (Å²) in [6.45, 7) is 0.608. The molecule has 0 N–H and O–H groups in total. The predicted octanol–water partition coefficient (Wildman–Crippen LogP) is 4.01. The van der Waals surface area contributed by atoms with E-state index in [1.807, 2.05) is 4.90 Å². The number of hydrogen-bond acceptors (Lipinski definition) is 7. The van der Waals surface area contributed by atoms with Gasteiger partial charge in [-0.3, -0.25) is 9.67 Å². The molecule has 1 saturated carbocycles. The molecule has 1 saturated heterocycles. The second-order valence-electron chi connectivity index (χ2n) is 9.63. The summed E-state index contributed by atoms with van der Waals surface area (Å²) in [5, 5.41) is 22.1. The Hall–Kier alpha value is -4.08. The SMILES string of the molecule is Cn1cnnc1C1(F)CCN(c2c(C#N)ccnc2-c2cnc3nn(C4(C(F)(F)F)CC4)cc3c2)CC1. The molecule has 37 heavy (non-hydrogen) atoms. The van der Waals surface area contributed by atoms with Gasteiger partial charge in [0.25, 0.3) is 0 Å². The molecule has 0 unspecified atom stereocenters. The molecule has 0 amide bonds. The number of nitrogens with zero attached hydrogens (tertiary/aromatic N) is 9. The third kappa shape index (κ3) is 3.61. The second kappa shape index (κ2) is 7.96. The molecule has 5 heterocycles. The van der Waals surface area contributed by atoms with E-state index in [0.717, 1.165) is 4.68 Å². The van der Waals surface area contributed by atoms with Crippen molar-refractivity contribution < 1.29 is 17.6 Å². The Bertz CT molecular complexity index is 1540. The maximum Gasteiger partial charge on any atom is 0.413 e. The first-order valence-electron chi connectivity index (χ1n) is 11.8. The Morgan fingerprint density at radius 2 is 1.86 bits per heavy atom. The number of anilines is 1. The molecule has 0 atom stereocenters. The van der Waals surface area contributed by atoms with Crippen molar-refractivity contribution in [1.82, 2.24) is 34.5 Å². The van der Waals surface area contributed by atoms with Gasteiger partial charge >= 0.3 is 6.18 Å². The third-order valence-electron chi connectivity index (χ3n) is 7.35. The van der Waals surface area contributed by atoms with E-state index in [2.05, 4.69) is 31.3 Å². The summed E-state index contributed by atoms with van der Waals surface area (Å²) < 4.78 is 59.1. The highest BCUT2D eigenvalue weighted by Crippen LogP contribution is 2.55. The highest BCUT2D eigenvalue weighted by atomic mass is 19.4. The summed E-state index contributed by atoms with van der Waals surface area (Å²) in [6.07, 6.45) is 1.64. The Morgan fingerprint density at radius 3 is 2.49 bits per heavy atom. The third-order valence-corrected chi connectivity index (χ3v) is 7.35. The van der Waals surface area contributed by atoms with E-state index < -0.39 is 17.4 Å². The molecule has 6 rings (SSSR count). The zero-order valence-electron chi connectivity index (χ0n) is 19.7. The fourth-order valence-electron chi connectivity index (χ4n) is 5.10. The van der Waals surface area contributed by atoms with E-state index in [-0.39, 0.29) is 37.2 Å². The lowest BCUT2D eigenvalue weighted by Gasteiger charge is -2.37. The van der Waals surface area contributed by atoms with Gasteiger partial charge in [-0.25, -0.2) is 9.37 Å². The molecule has 0 bridgehead atoms. The first-order chi connectivity index (χ1) is 17.6. The average Bonchev–Trinajstić information content (AvgIpc) is 3.42. The topological polar surface area (TPSA) is 101 Å². The fraction of sp³-hybridized carbons (Fsp3) is 0.417. The van der Waals surface area contributed by atoms with Crippen LogP contribution < -0.4 is 4.90 Å². The van der Waals surface area contributed by atoms with Gasteiger partial charge in [0.2, 0.25) is 0 Å². The van der Waals surface area contributed by atoms with Gasteiger partial charge < -0.3 is 9.47 Å². The Morgan fingerprint density at radius 1 is 1.11 bits per heavy atom. The van der Waals surface area contributed by atoms with Gasteiger partial charge in [-0.2, -0.15) is 23.5 Å². The van der Waals surface area contributed by atoms with Gasteiger partial charge in [0.15, 0.2) is 22.7 Å². The lowest BCUT2D eigenvalue weighted by Crippen LogP contribution is -2.42. The number of piperidine rings is 1. The number of halogens is 4. The summed E-state index contributed by atoms with van der Waals surface area (Å²) in [7, 11) is 1.70. The van der Waals surface area contributed by atoms with Crippen molar-refractivity contribution in [2.75, 3.05) is 18.0 Å². The first-order valence-corrected chi connectivity index (χ1v) is 11.8. The van der Waals surface area contributed by atoms with E-state index in [1.165, 1.54) is 24.9 Å². The van der Waals surface area contributed by atoms with Gasteiger partial charge in [-0.15, -0.1) is 10.2 Å². The molecule has 1 aliphatic heterocycles. The van der Waals surface area contributed by atoms with Crippen molar-refractivity contribution in [3.8, 4) is 17.3 Å². The van der Waals surface area contributed by atoms with E-state index in [4.69, 9.17) is 0 Å². The zero-order chi connectivity index (χ0) is 26.0. The van der Waals surface area contributed by atoms with E-state index >= 15 is 4.39 Å². The fourth-order valence-corrected chi connectivity index (χ4v) is 5.10. The molecule has 4 aromatic rings. The van der Waals surface area contributed by atoms with E-state index in [1.54, 1.807) is 23.7 Å². The van der Waals surface area contributed by atoms with Crippen molar-refractivity contribution in [1.29, 1.82) is 5.26 Å². The number of aryl methyl sites for hydroxylation is 1. The summed E-state index contributed by atoms with van der Waals surface area (Å²) in [6, 6.07) is 5.44. The number of rotatable bonds is 4. The van der Waals surface area contributed by atoms with Crippen molar-refractivity contribution in [2.24, 2.45) is 7.05 Å². The maximum atomic E-state index is 15.7. The minimum atomic E-state index is -4.40. The Balaban J connectivity index is 1.35. The molecule has 9 nitrogen and oxygen atoms in total. The summed E-state index contributed by atoms with van der Waals surface area (Å²) in [5.41, 5.74) is -1.56. The minimum Gasteiger partial charge on any atom is -0.368 e. The molecule has 190 valence electrons. The van der Waals surface area contributed by atoms with Crippen LogP contribution in [0, 0.1) is 11.3 Å². The molecular formula is C24H21F4N9. The maximum absolute atomic E-state index is 15.7. The Labute approximate surface area is 208 Å². The van der Waals surface area contributed by atoms with Crippen LogP contribution in [-0.2, 0) is 18.3 Å². The largest absolute Gasteiger partial charge is 0.413 e. The lowest BCUT2D eigenvalue weighted by atomic mass is 9.91. The minimum absolute atomic E-state index is 0.0212. The van der Waals surface area contributed by atoms with Crippen molar-refractivity contribution >= 4 is 16.7 Å². The quantitative estimate of drug-likeness (QED) is 0.382. The van der Waals surface area contributed by atoms with Crippen LogP contribution in [-0.4, -0.2) is 53.8 Å². The highest BCUT2D eigenvalue weighted by Gasteiger charge is 2.65. The van der Waals surface area contributed by atoms with Crippen molar-refractivity contribution in [3.05, 3.63) is 48.4 Å². The normalized spacial score (nSPS) is 18.6. The summed E-state index contributed by atoms with van der Waals surface area (Å²) in [5.74, 6) is 0.262. The summed E-state index contributed by atoms with van der Waals surface area (Å²) >= 11 is 0. The van der Waals surface area contributed by atoms with Crippen LogP contribution in [0.25, 0.3) is 22.3 Å². The molecule has 2 fully saturated rings. The molecule has 2 aliphatic rings. The smallest absolute Gasteiger partial charge is 0.368 e. The van der Waals surface area contributed by atoms with Crippen LogP contribution >= 0.6 is 0 Å². The van der Waals surface area contributed by atoms with Gasteiger partial charge in [-0.1, -0.05) is 0 Å². The van der Waals surface area contributed by atoms with Crippen LogP contribution in [0.1, 0.15) is 37.1 Å². The number of fused-ring (bicyclic) bond motifs is 1. The Kier molecular flexibility index (Phi) is 5.02. The van der Waals surface area contributed by atoms with Crippen LogP contribution in [0.3, 0.4) is 0 Å². The van der Waals surface area contributed by atoms with E-state index in [0.29, 0.717) is 41.0 Å². The van der Waals surface area contributed by atoms with Crippen molar-refractivity contribution in [3.63, 3.8) is 0 Å². The molecule has 0 spiro atoms.